The topological polar surface area (TPSA) is 20.3 Å². The molecule has 2 heteroatoms. The third-order valence-corrected chi connectivity index (χ3v) is 4.40. The summed E-state index contributed by atoms with van der Waals surface area (Å²) >= 11 is 0. The molecule has 0 amide bonds. The number of nitrogens with zero attached hydrogens (tertiary/aromatic N) is 1. The Morgan fingerprint density at radius 3 is 1.76 bits per heavy atom. The van der Waals surface area contributed by atoms with Crippen LogP contribution in [0.25, 0.3) is 0 Å². The number of carbonyl (C=O) groups excluding carboxylic acids is 1. The molecule has 3 aromatic rings. The lowest BCUT2D eigenvalue weighted by molar-refractivity contribution is -0.118. The fourth-order valence-electron chi connectivity index (χ4n) is 3.09. The minimum absolute atomic E-state index is 0.184. The van der Waals surface area contributed by atoms with Crippen molar-refractivity contribution < 1.29 is 4.79 Å². The number of hydrogen-bond acceptors (Lipinski definition) is 2. The van der Waals surface area contributed by atoms with Crippen LogP contribution in [0.5, 0.6) is 0 Å². The zero-order valence-electron chi connectivity index (χ0n) is 14.5. The van der Waals surface area contributed by atoms with E-state index in [1.807, 2.05) is 54.6 Å². The lowest BCUT2D eigenvalue weighted by atomic mass is 10.00. The van der Waals surface area contributed by atoms with Gasteiger partial charge in [-0.1, -0.05) is 78.9 Å². The Morgan fingerprint density at radius 1 is 0.760 bits per heavy atom. The number of anilines is 1. The first-order valence-electron chi connectivity index (χ1n) is 8.64. The fraction of sp³-hybridized carbons (Fsp3) is 0.174. The lowest BCUT2D eigenvalue weighted by Gasteiger charge is -2.32. The van der Waals surface area contributed by atoms with Crippen LogP contribution < -0.4 is 4.90 Å². The van der Waals surface area contributed by atoms with Crippen molar-refractivity contribution in [3.05, 3.63) is 102 Å². The first-order chi connectivity index (χ1) is 12.2. The van der Waals surface area contributed by atoms with Gasteiger partial charge in [0.1, 0.15) is 0 Å². The highest BCUT2D eigenvalue weighted by molar-refractivity contribution is 5.85. The standard InChI is InChI=1S/C23H23NO/c1-19(25)23(17-20-11-5-2-6-12-20)24(22-15-9-4-10-16-22)18-21-13-7-3-8-14-21/h2-16,23H,17-18H2,1H3. The molecule has 0 heterocycles. The lowest BCUT2D eigenvalue weighted by Crippen LogP contribution is -2.41. The monoisotopic (exact) mass is 329 g/mol. The highest BCUT2D eigenvalue weighted by Gasteiger charge is 2.23. The van der Waals surface area contributed by atoms with E-state index >= 15 is 0 Å². The largest absolute Gasteiger partial charge is 0.357 e. The molecule has 3 rings (SSSR count). The summed E-state index contributed by atoms with van der Waals surface area (Å²) in [4.78, 5) is 14.7. The third-order valence-electron chi connectivity index (χ3n) is 4.40. The molecule has 0 radical (unpaired) electrons. The van der Waals surface area contributed by atoms with Gasteiger partial charge in [0.05, 0.1) is 6.04 Å². The van der Waals surface area contributed by atoms with Gasteiger partial charge in [-0.15, -0.1) is 0 Å². The minimum Gasteiger partial charge on any atom is -0.357 e. The van der Waals surface area contributed by atoms with Crippen LogP contribution in [-0.4, -0.2) is 11.8 Å². The highest BCUT2D eigenvalue weighted by atomic mass is 16.1. The van der Waals surface area contributed by atoms with Crippen LogP contribution in [0.3, 0.4) is 0 Å². The van der Waals surface area contributed by atoms with Gasteiger partial charge in [0.2, 0.25) is 0 Å². The number of para-hydroxylation sites is 1. The Labute approximate surface area is 149 Å². The van der Waals surface area contributed by atoms with E-state index in [0.29, 0.717) is 13.0 Å². The number of ketones is 1. The fourth-order valence-corrected chi connectivity index (χ4v) is 3.09. The van der Waals surface area contributed by atoms with Gasteiger partial charge in [-0.3, -0.25) is 4.79 Å². The van der Waals surface area contributed by atoms with Gasteiger partial charge in [-0.05, 0) is 36.6 Å². The molecule has 0 aromatic heterocycles. The second-order valence-corrected chi connectivity index (χ2v) is 6.27. The van der Waals surface area contributed by atoms with E-state index in [-0.39, 0.29) is 11.8 Å². The van der Waals surface area contributed by atoms with Gasteiger partial charge in [-0.2, -0.15) is 0 Å². The molecule has 3 aromatic carbocycles. The normalized spacial score (nSPS) is 11.7. The molecule has 0 N–H and O–H groups in total. The van der Waals surface area contributed by atoms with E-state index in [2.05, 4.69) is 41.3 Å². The molecule has 0 aliphatic carbocycles. The van der Waals surface area contributed by atoms with Crippen LogP contribution >= 0.6 is 0 Å². The van der Waals surface area contributed by atoms with Gasteiger partial charge in [0, 0.05) is 12.2 Å². The smallest absolute Gasteiger partial charge is 0.152 e. The molecule has 0 spiro atoms. The number of Topliss-reactive ketones (excluding diaryl/α,β-unsaturated/α-hetero) is 1. The molecule has 0 aliphatic rings. The first kappa shape index (κ1) is 17.0. The van der Waals surface area contributed by atoms with Crippen molar-refractivity contribution in [2.45, 2.75) is 25.9 Å². The maximum Gasteiger partial charge on any atom is 0.152 e. The maximum absolute atomic E-state index is 12.5. The van der Waals surface area contributed by atoms with Crippen molar-refractivity contribution >= 4 is 11.5 Å². The summed E-state index contributed by atoms with van der Waals surface area (Å²) in [5.74, 6) is 0.184. The zero-order chi connectivity index (χ0) is 17.5. The van der Waals surface area contributed by atoms with Crippen molar-refractivity contribution in [1.82, 2.24) is 0 Å². The summed E-state index contributed by atoms with van der Waals surface area (Å²) < 4.78 is 0. The average molecular weight is 329 g/mol. The van der Waals surface area contributed by atoms with Gasteiger partial charge < -0.3 is 4.90 Å². The highest BCUT2D eigenvalue weighted by Crippen LogP contribution is 2.22. The molecule has 1 atom stereocenters. The minimum atomic E-state index is -0.190. The van der Waals surface area contributed by atoms with E-state index in [1.165, 1.54) is 11.1 Å². The predicted octanol–water partition coefficient (Wildman–Crippen LogP) is 4.89. The van der Waals surface area contributed by atoms with E-state index in [9.17, 15) is 4.79 Å². The maximum atomic E-state index is 12.5. The van der Waals surface area contributed by atoms with Crippen LogP contribution in [0.4, 0.5) is 5.69 Å². The number of benzene rings is 3. The summed E-state index contributed by atoms with van der Waals surface area (Å²) in [6, 6.07) is 30.5. The van der Waals surface area contributed by atoms with Gasteiger partial charge in [0.15, 0.2) is 5.78 Å². The summed E-state index contributed by atoms with van der Waals surface area (Å²) in [5, 5.41) is 0. The Balaban J connectivity index is 1.94. The van der Waals surface area contributed by atoms with Crippen molar-refractivity contribution in [1.29, 1.82) is 0 Å². The van der Waals surface area contributed by atoms with Gasteiger partial charge >= 0.3 is 0 Å². The molecule has 126 valence electrons. The molecular formula is C23H23NO. The van der Waals surface area contributed by atoms with Crippen molar-refractivity contribution in [3.8, 4) is 0 Å². The van der Waals surface area contributed by atoms with Crippen LogP contribution in [0, 0.1) is 0 Å². The molecule has 0 saturated carbocycles. The van der Waals surface area contributed by atoms with Crippen molar-refractivity contribution in [2.24, 2.45) is 0 Å². The molecular weight excluding hydrogens is 306 g/mol. The van der Waals surface area contributed by atoms with E-state index in [1.54, 1.807) is 6.92 Å². The molecule has 0 aliphatic heterocycles. The molecule has 2 nitrogen and oxygen atoms in total. The SMILES string of the molecule is CC(=O)C(Cc1ccccc1)N(Cc1ccccc1)c1ccccc1. The first-order valence-corrected chi connectivity index (χ1v) is 8.64. The quantitative estimate of drug-likeness (QED) is 0.615. The van der Waals surface area contributed by atoms with Crippen LogP contribution in [0.2, 0.25) is 0 Å². The summed E-state index contributed by atoms with van der Waals surface area (Å²) in [6.45, 7) is 2.40. The summed E-state index contributed by atoms with van der Waals surface area (Å²) in [5.41, 5.74) is 3.45. The second kappa shape index (κ2) is 8.29. The van der Waals surface area contributed by atoms with Crippen LogP contribution in [-0.2, 0) is 17.8 Å². The molecule has 0 fully saturated rings. The van der Waals surface area contributed by atoms with Gasteiger partial charge in [0.25, 0.3) is 0 Å². The molecule has 25 heavy (non-hydrogen) atoms. The van der Waals surface area contributed by atoms with Gasteiger partial charge in [-0.25, -0.2) is 0 Å². The average Bonchev–Trinajstić information content (AvgIpc) is 2.67. The van der Waals surface area contributed by atoms with E-state index in [0.717, 1.165) is 5.69 Å². The van der Waals surface area contributed by atoms with Crippen molar-refractivity contribution in [2.75, 3.05) is 4.90 Å². The summed E-state index contributed by atoms with van der Waals surface area (Å²) in [6.07, 6.45) is 0.706. The zero-order valence-corrected chi connectivity index (χ0v) is 14.5. The summed E-state index contributed by atoms with van der Waals surface area (Å²) in [7, 11) is 0. The second-order valence-electron chi connectivity index (χ2n) is 6.27. The Morgan fingerprint density at radius 2 is 1.24 bits per heavy atom. The Bertz CT molecular complexity index is 784. The molecule has 1 unspecified atom stereocenters. The Kier molecular flexibility index (Phi) is 5.63. The molecule has 0 saturated heterocycles. The Hall–Kier alpha value is -2.87. The number of rotatable bonds is 7. The number of hydrogen-bond donors (Lipinski definition) is 0. The number of carbonyl (C=O) groups is 1. The van der Waals surface area contributed by atoms with Crippen LogP contribution in [0.15, 0.2) is 91.0 Å². The third kappa shape index (κ3) is 4.57. The van der Waals surface area contributed by atoms with Crippen LogP contribution in [0.1, 0.15) is 18.1 Å². The van der Waals surface area contributed by atoms with E-state index in [4.69, 9.17) is 0 Å². The van der Waals surface area contributed by atoms with E-state index < -0.39 is 0 Å². The predicted molar refractivity (Wildman–Crippen MR) is 104 cm³/mol. The van der Waals surface area contributed by atoms with Crippen molar-refractivity contribution in [3.63, 3.8) is 0 Å². The molecule has 0 bridgehead atoms.